The van der Waals surface area contributed by atoms with E-state index in [0.29, 0.717) is 6.42 Å². The lowest BCUT2D eigenvalue weighted by Gasteiger charge is -2.53. The van der Waals surface area contributed by atoms with Gasteiger partial charge in [0.15, 0.2) is 5.78 Å². The van der Waals surface area contributed by atoms with E-state index in [1.165, 1.54) is 18.4 Å². The highest BCUT2D eigenvalue weighted by Gasteiger charge is 2.59. The van der Waals surface area contributed by atoms with E-state index < -0.39 is 6.10 Å². The molecule has 5 atom stereocenters. The third kappa shape index (κ3) is 1.73. The summed E-state index contributed by atoms with van der Waals surface area (Å²) in [5, 5.41) is 10.1. The number of carbonyl (C=O) groups is 2. The van der Waals surface area contributed by atoms with Crippen molar-refractivity contribution in [3.05, 3.63) is 11.3 Å². The Kier molecular flexibility index (Phi) is 2.91. The lowest BCUT2D eigenvalue weighted by Crippen LogP contribution is -2.55. The molecule has 2 saturated carbocycles. The second kappa shape index (κ2) is 4.44. The van der Waals surface area contributed by atoms with Gasteiger partial charge in [0.05, 0.1) is 5.92 Å². The van der Waals surface area contributed by atoms with Gasteiger partial charge >= 0.3 is 5.97 Å². The van der Waals surface area contributed by atoms with E-state index >= 15 is 0 Å². The predicted molar refractivity (Wildman–Crippen MR) is 79.6 cm³/mol. The van der Waals surface area contributed by atoms with Crippen LogP contribution in [0.1, 0.15) is 58.8 Å². The Labute approximate surface area is 130 Å². The quantitative estimate of drug-likeness (QED) is 0.699. The molecule has 1 saturated heterocycles. The van der Waals surface area contributed by atoms with Crippen LogP contribution >= 0.6 is 0 Å². The van der Waals surface area contributed by atoms with Gasteiger partial charge in [0.25, 0.3) is 0 Å². The first-order chi connectivity index (χ1) is 10.3. The summed E-state index contributed by atoms with van der Waals surface area (Å²) in [5.74, 6) is 0.230. The van der Waals surface area contributed by atoms with Gasteiger partial charge in [-0.2, -0.15) is 0 Å². The summed E-state index contributed by atoms with van der Waals surface area (Å²) in [6.07, 6.45) is 5.10. The molecule has 0 bridgehead atoms. The van der Waals surface area contributed by atoms with Crippen molar-refractivity contribution in [1.29, 1.82) is 0 Å². The zero-order valence-electron chi connectivity index (χ0n) is 13.4. The van der Waals surface area contributed by atoms with E-state index in [9.17, 15) is 14.7 Å². The molecule has 1 aliphatic heterocycles. The van der Waals surface area contributed by atoms with Gasteiger partial charge in [-0.15, -0.1) is 0 Å². The Morgan fingerprint density at radius 3 is 2.73 bits per heavy atom. The van der Waals surface area contributed by atoms with Crippen LogP contribution in [0, 0.1) is 22.7 Å². The zero-order valence-corrected chi connectivity index (χ0v) is 13.4. The molecule has 0 aromatic rings. The first-order valence-electron chi connectivity index (χ1n) is 8.51. The van der Waals surface area contributed by atoms with Gasteiger partial charge in [-0.25, -0.2) is 0 Å². The second-order valence-corrected chi connectivity index (χ2v) is 8.22. The molecule has 120 valence electrons. The van der Waals surface area contributed by atoms with E-state index in [0.717, 1.165) is 25.0 Å². The molecule has 5 unspecified atom stereocenters. The minimum absolute atomic E-state index is 0.132. The van der Waals surface area contributed by atoms with Gasteiger partial charge in [-0.05, 0) is 54.9 Å². The Bertz CT molecular complexity index is 592. The fourth-order valence-electron chi connectivity index (χ4n) is 5.53. The highest BCUT2D eigenvalue weighted by molar-refractivity contribution is 5.90. The molecule has 0 aromatic heterocycles. The summed E-state index contributed by atoms with van der Waals surface area (Å²) in [4.78, 5) is 24.4. The van der Waals surface area contributed by atoms with Crippen molar-refractivity contribution < 1.29 is 19.4 Å². The van der Waals surface area contributed by atoms with Crippen LogP contribution in [0.25, 0.3) is 0 Å². The van der Waals surface area contributed by atoms with Crippen LogP contribution in [0.4, 0.5) is 0 Å². The van der Waals surface area contributed by atoms with Gasteiger partial charge < -0.3 is 9.84 Å². The van der Waals surface area contributed by atoms with Crippen molar-refractivity contribution in [2.24, 2.45) is 22.7 Å². The van der Waals surface area contributed by atoms with Crippen LogP contribution in [0.5, 0.6) is 0 Å². The third-order valence-corrected chi connectivity index (χ3v) is 6.98. The Morgan fingerprint density at radius 1 is 1.18 bits per heavy atom. The molecule has 0 aromatic carbocycles. The number of aliphatic hydroxyl groups is 1. The van der Waals surface area contributed by atoms with Gasteiger partial charge in [0.1, 0.15) is 11.9 Å². The minimum Gasteiger partial charge on any atom is -0.431 e. The number of hydrogen-bond acceptors (Lipinski definition) is 4. The maximum absolute atomic E-state index is 12.5. The molecule has 3 aliphatic carbocycles. The van der Waals surface area contributed by atoms with E-state index in [-0.39, 0.29) is 40.8 Å². The first-order valence-corrected chi connectivity index (χ1v) is 8.51. The number of ether oxygens (including phenoxy) is 1. The number of esters is 1. The fourth-order valence-corrected chi connectivity index (χ4v) is 5.53. The lowest BCUT2D eigenvalue weighted by molar-refractivity contribution is -0.173. The standard InChI is InChI=1S/C18H24O4/c1-17-6-3-4-10(17)15-11(5-7-17)18(2)9-14(20)13(19)8-12(18)16(21)22-15/h11-12,14,20H,3-9H2,1-2H3. The Balaban J connectivity index is 1.80. The van der Waals surface area contributed by atoms with Gasteiger partial charge in [-0.3, -0.25) is 9.59 Å². The molecule has 22 heavy (non-hydrogen) atoms. The SMILES string of the molecule is CC12CCCC1=C1OC(=O)C3CC(=O)C(O)CC3(C)C1CC2. The average molecular weight is 304 g/mol. The molecule has 3 fully saturated rings. The van der Waals surface area contributed by atoms with Crippen LogP contribution in [0.2, 0.25) is 0 Å². The fraction of sp³-hybridized carbons (Fsp3) is 0.778. The number of fused-ring (bicyclic) bond motifs is 4. The minimum atomic E-state index is -0.921. The summed E-state index contributed by atoms with van der Waals surface area (Å²) >= 11 is 0. The number of carbonyl (C=O) groups excluding carboxylic acids is 2. The molecule has 0 amide bonds. The van der Waals surface area contributed by atoms with Gasteiger partial charge in [0.2, 0.25) is 0 Å². The van der Waals surface area contributed by atoms with Crippen LogP contribution in [0.15, 0.2) is 11.3 Å². The van der Waals surface area contributed by atoms with Crippen molar-refractivity contribution >= 4 is 11.8 Å². The van der Waals surface area contributed by atoms with Crippen LogP contribution < -0.4 is 0 Å². The number of allylic oxidation sites excluding steroid dienone is 2. The molecule has 4 nitrogen and oxygen atoms in total. The number of Topliss-reactive ketones (excluding diaryl/α,β-unsaturated/α-hetero) is 1. The molecule has 0 radical (unpaired) electrons. The highest BCUT2D eigenvalue weighted by atomic mass is 16.5. The third-order valence-electron chi connectivity index (χ3n) is 6.98. The van der Waals surface area contributed by atoms with Crippen molar-refractivity contribution in [2.45, 2.75) is 64.9 Å². The topological polar surface area (TPSA) is 63.6 Å². The molecule has 4 aliphatic rings. The smallest absolute Gasteiger partial charge is 0.315 e. The highest BCUT2D eigenvalue weighted by Crippen LogP contribution is 2.61. The average Bonchev–Trinajstić information content (AvgIpc) is 2.84. The molecule has 1 heterocycles. The van der Waals surface area contributed by atoms with E-state index in [4.69, 9.17) is 4.74 Å². The van der Waals surface area contributed by atoms with Crippen molar-refractivity contribution in [1.82, 2.24) is 0 Å². The molecule has 1 N–H and O–H groups in total. The summed E-state index contributed by atoms with van der Waals surface area (Å²) in [5.41, 5.74) is 1.19. The summed E-state index contributed by atoms with van der Waals surface area (Å²) < 4.78 is 5.79. The second-order valence-electron chi connectivity index (χ2n) is 8.22. The van der Waals surface area contributed by atoms with Crippen LogP contribution in [0.3, 0.4) is 0 Å². The number of rotatable bonds is 0. The van der Waals surface area contributed by atoms with Crippen molar-refractivity contribution in [3.8, 4) is 0 Å². The summed E-state index contributed by atoms with van der Waals surface area (Å²) in [7, 11) is 0. The Hall–Kier alpha value is -1.16. The first kappa shape index (κ1) is 14.4. The van der Waals surface area contributed by atoms with Gasteiger partial charge in [0, 0.05) is 12.3 Å². The lowest BCUT2D eigenvalue weighted by atomic mass is 9.54. The molecular weight excluding hydrogens is 280 g/mol. The van der Waals surface area contributed by atoms with E-state index in [2.05, 4.69) is 13.8 Å². The maximum Gasteiger partial charge on any atom is 0.315 e. The van der Waals surface area contributed by atoms with Crippen LogP contribution in [-0.2, 0) is 14.3 Å². The molecule has 4 heteroatoms. The normalized spacial score (nSPS) is 47.7. The number of ketones is 1. The zero-order chi connectivity index (χ0) is 15.7. The number of aliphatic hydroxyl groups excluding tert-OH is 1. The van der Waals surface area contributed by atoms with Crippen molar-refractivity contribution in [2.75, 3.05) is 0 Å². The number of hydrogen-bond donors (Lipinski definition) is 1. The Morgan fingerprint density at radius 2 is 1.95 bits per heavy atom. The van der Waals surface area contributed by atoms with E-state index in [1.807, 2.05) is 0 Å². The van der Waals surface area contributed by atoms with Gasteiger partial charge in [-0.1, -0.05) is 13.8 Å². The largest absolute Gasteiger partial charge is 0.431 e. The summed E-state index contributed by atoms with van der Waals surface area (Å²) in [6, 6.07) is 0. The van der Waals surface area contributed by atoms with Crippen molar-refractivity contribution in [3.63, 3.8) is 0 Å². The van der Waals surface area contributed by atoms with E-state index in [1.54, 1.807) is 0 Å². The predicted octanol–water partition coefficient (Wildman–Crippen LogP) is 2.74. The summed E-state index contributed by atoms with van der Waals surface area (Å²) in [6.45, 7) is 4.37. The molecule has 4 rings (SSSR count). The molecule has 0 spiro atoms. The maximum atomic E-state index is 12.5. The van der Waals surface area contributed by atoms with Crippen LogP contribution in [-0.4, -0.2) is 23.0 Å². The monoisotopic (exact) mass is 304 g/mol. The molecular formula is C18H24O4.